The summed E-state index contributed by atoms with van der Waals surface area (Å²) in [7, 11) is 0. The first kappa shape index (κ1) is 17.1. The summed E-state index contributed by atoms with van der Waals surface area (Å²) in [4.78, 5) is 27.5. The van der Waals surface area contributed by atoms with E-state index in [4.69, 9.17) is 4.42 Å². The van der Waals surface area contributed by atoms with Gasteiger partial charge in [0.2, 0.25) is 0 Å². The van der Waals surface area contributed by atoms with Crippen LogP contribution in [0.5, 0.6) is 0 Å². The lowest BCUT2D eigenvalue weighted by Crippen LogP contribution is -2.42. The van der Waals surface area contributed by atoms with Crippen LogP contribution in [-0.2, 0) is 0 Å². The van der Waals surface area contributed by atoms with Gasteiger partial charge < -0.3 is 20.0 Å². The first-order valence-corrected chi connectivity index (χ1v) is 10.8. The van der Waals surface area contributed by atoms with Crippen molar-refractivity contribution in [3.05, 3.63) is 35.6 Å². The molecule has 1 aromatic carbocycles. The lowest BCUT2D eigenvalue weighted by molar-refractivity contribution is 0.0772. The van der Waals surface area contributed by atoms with Crippen molar-refractivity contribution in [3.8, 4) is 0 Å². The third-order valence-electron chi connectivity index (χ3n) is 5.98. The molecular formula is C20H23N3O3S. The Morgan fingerprint density at radius 3 is 2.81 bits per heavy atom. The monoisotopic (exact) mass is 385 g/mol. The summed E-state index contributed by atoms with van der Waals surface area (Å²) in [5, 5.41) is 7.42. The number of rotatable bonds is 3. The van der Waals surface area contributed by atoms with E-state index in [1.807, 2.05) is 16.7 Å². The third kappa shape index (κ3) is 3.12. The van der Waals surface area contributed by atoms with Crippen LogP contribution in [0.4, 0.5) is 0 Å². The molecule has 0 saturated carbocycles. The topological polar surface area (TPSA) is 74.6 Å². The van der Waals surface area contributed by atoms with E-state index < -0.39 is 0 Å². The largest absolute Gasteiger partial charge is 0.463 e. The molecule has 4 heterocycles. The van der Waals surface area contributed by atoms with Gasteiger partial charge in [-0.25, -0.2) is 0 Å². The molecule has 3 saturated heterocycles. The van der Waals surface area contributed by atoms with E-state index >= 15 is 0 Å². The number of hydrogen-bond acceptors (Lipinski definition) is 5. The van der Waals surface area contributed by atoms with E-state index in [0.29, 0.717) is 28.8 Å². The van der Waals surface area contributed by atoms with Crippen molar-refractivity contribution in [2.75, 3.05) is 24.6 Å². The van der Waals surface area contributed by atoms with E-state index in [1.165, 1.54) is 12.7 Å². The quantitative estimate of drug-likeness (QED) is 0.848. The van der Waals surface area contributed by atoms with Crippen molar-refractivity contribution in [1.29, 1.82) is 0 Å². The number of carbonyl (C=O) groups excluding carboxylic acids is 2. The van der Waals surface area contributed by atoms with Crippen LogP contribution in [0.1, 0.15) is 40.0 Å². The number of benzene rings is 1. The van der Waals surface area contributed by atoms with Crippen LogP contribution in [0, 0.1) is 0 Å². The zero-order valence-electron chi connectivity index (χ0n) is 15.1. The van der Waals surface area contributed by atoms with Crippen molar-refractivity contribution in [3.63, 3.8) is 0 Å². The number of nitrogens with one attached hydrogen (secondary N) is 2. The highest BCUT2D eigenvalue weighted by atomic mass is 32.2. The molecule has 1 aromatic heterocycles. The summed E-state index contributed by atoms with van der Waals surface area (Å²) in [6.07, 6.45) is 4.86. The minimum atomic E-state index is -0.0785. The standard InChI is InChI=1S/C20H23N3O3S/c24-19(22-17-10-13-2-3-16(17)21-13)12-1-4-18-14(9-12)15(11-26-18)20(25)23-5-7-27-8-6-23/h1,4,9,11,13,16-17,21H,2-3,5-8,10H2,(H,22,24)/t13-,16+,17-/m1/s1. The maximum absolute atomic E-state index is 12.9. The van der Waals surface area contributed by atoms with Gasteiger partial charge >= 0.3 is 0 Å². The van der Waals surface area contributed by atoms with Gasteiger partial charge in [-0.05, 0) is 37.5 Å². The number of nitrogens with zero attached hydrogens (tertiary/aromatic N) is 1. The van der Waals surface area contributed by atoms with Gasteiger partial charge in [-0.15, -0.1) is 0 Å². The molecule has 0 unspecified atom stereocenters. The highest BCUT2D eigenvalue weighted by molar-refractivity contribution is 7.99. The van der Waals surface area contributed by atoms with Crippen molar-refractivity contribution in [2.24, 2.45) is 0 Å². The molecule has 2 bridgehead atoms. The summed E-state index contributed by atoms with van der Waals surface area (Å²) < 4.78 is 5.58. The molecule has 3 aliphatic heterocycles. The molecule has 3 aliphatic rings. The molecule has 5 rings (SSSR count). The van der Waals surface area contributed by atoms with E-state index in [-0.39, 0.29) is 17.9 Å². The van der Waals surface area contributed by atoms with Gasteiger partial charge in [0.1, 0.15) is 11.8 Å². The fourth-order valence-electron chi connectivity index (χ4n) is 4.51. The average molecular weight is 385 g/mol. The van der Waals surface area contributed by atoms with Gasteiger partial charge in [-0.3, -0.25) is 9.59 Å². The van der Waals surface area contributed by atoms with Crippen molar-refractivity contribution >= 4 is 34.5 Å². The van der Waals surface area contributed by atoms with Gasteiger partial charge in [-0.2, -0.15) is 11.8 Å². The average Bonchev–Trinajstić information content (AvgIpc) is 3.43. The molecule has 142 valence electrons. The van der Waals surface area contributed by atoms with Crippen molar-refractivity contribution in [2.45, 2.75) is 37.4 Å². The first-order chi connectivity index (χ1) is 13.2. The van der Waals surface area contributed by atoms with E-state index in [2.05, 4.69) is 10.6 Å². The summed E-state index contributed by atoms with van der Waals surface area (Å²) in [5.74, 6) is 1.84. The lowest BCUT2D eigenvalue weighted by atomic mass is 9.95. The van der Waals surface area contributed by atoms with E-state index in [1.54, 1.807) is 18.2 Å². The Morgan fingerprint density at radius 1 is 1.22 bits per heavy atom. The van der Waals surface area contributed by atoms with Crippen LogP contribution in [0.3, 0.4) is 0 Å². The molecule has 2 amide bonds. The van der Waals surface area contributed by atoms with Gasteiger partial charge in [0, 0.05) is 53.7 Å². The molecule has 3 atom stereocenters. The van der Waals surface area contributed by atoms with Crippen LogP contribution >= 0.6 is 11.8 Å². The third-order valence-corrected chi connectivity index (χ3v) is 6.92. The van der Waals surface area contributed by atoms with E-state index in [0.717, 1.165) is 42.8 Å². The van der Waals surface area contributed by atoms with E-state index in [9.17, 15) is 9.59 Å². The molecule has 7 heteroatoms. The van der Waals surface area contributed by atoms with Crippen LogP contribution < -0.4 is 10.6 Å². The molecular weight excluding hydrogens is 362 g/mol. The highest BCUT2D eigenvalue weighted by Crippen LogP contribution is 2.29. The van der Waals surface area contributed by atoms with Gasteiger partial charge in [0.05, 0.1) is 5.56 Å². The fourth-order valence-corrected chi connectivity index (χ4v) is 5.41. The number of thioether (sulfide) groups is 1. The van der Waals surface area contributed by atoms with Crippen LogP contribution in [0.2, 0.25) is 0 Å². The second kappa shape index (κ2) is 6.87. The lowest BCUT2D eigenvalue weighted by Gasteiger charge is -2.26. The Labute approximate surface area is 162 Å². The Bertz CT molecular complexity index is 890. The summed E-state index contributed by atoms with van der Waals surface area (Å²) >= 11 is 1.87. The van der Waals surface area contributed by atoms with Gasteiger partial charge in [0.15, 0.2) is 0 Å². The Morgan fingerprint density at radius 2 is 2.07 bits per heavy atom. The Hall–Kier alpha value is -1.99. The Kier molecular flexibility index (Phi) is 4.36. The van der Waals surface area contributed by atoms with Crippen molar-refractivity contribution < 1.29 is 14.0 Å². The minimum absolute atomic E-state index is 0.0103. The number of carbonyl (C=O) groups is 2. The maximum Gasteiger partial charge on any atom is 0.257 e. The maximum atomic E-state index is 12.9. The number of furan rings is 1. The molecule has 3 fully saturated rings. The first-order valence-electron chi connectivity index (χ1n) is 9.64. The second-order valence-corrected chi connectivity index (χ2v) is 8.85. The summed E-state index contributed by atoms with van der Waals surface area (Å²) in [6.45, 7) is 1.52. The smallest absolute Gasteiger partial charge is 0.257 e. The number of amides is 2. The number of hydrogen-bond donors (Lipinski definition) is 2. The molecule has 2 N–H and O–H groups in total. The highest BCUT2D eigenvalue weighted by Gasteiger charge is 2.39. The normalized spacial score (nSPS) is 27.3. The molecule has 0 spiro atoms. The summed E-state index contributed by atoms with van der Waals surface area (Å²) in [5.41, 5.74) is 1.77. The van der Waals surface area contributed by atoms with Crippen LogP contribution in [-0.4, -0.2) is 59.4 Å². The SMILES string of the molecule is O=C(N[C@@H]1C[C@H]2CC[C@@H]1N2)c1ccc2occ(C(=O)N3CCSCC3)c2c1. The van der Waals surface area contributed by atoms with Crippen LogP contribution in [0.25, 0.3) is 11.0 Å². The molecule has 6 nitrogen and oxygen atoms in total. The number of fused-ring (bicyclic) bond motifs is 3. The second-order valence-electron chi connectivity index (χ2n) is 7.63. The predicted molar refractivity (Wildman–Crippen MR) is 105 cm³/mol. The zero-order chi connectivity index (χ0) is 18.4. The van der Waals surface area contributed by atoms with Gasteiger partial charge in [0.25, 0.3) is 11.8 Å². The minimum Gasteiger partial charge on any atom is -0.463 e. The molecule has 0 aliphatic carbocycles. The summed E-state index contributed by atoms with van der Waals surface area (Å²) in [6, 6.07) is 6.48. The van der Waals surface area contributed by atoms with Gasteiger partial charge in [-0.1, -0.05) is 0 Å². The molecule has 2 aromatic rings. The van der Waals surface area contributed by atoms with Crippen molar-refractivity contribution in [1.82, 2.24) is 15.5 Å². The fraction of sp³-hybridized carbons (Fsp3) is 0.500. The predicted octanol–water partition coefficient (Wildman–Crippen LogP) is 2.24. The Balaban J connectivity index is 1.37. The molecule has 27 heavy (non-hydrogen) atoms. The molecule has 0 radical (unpaired) electrons. The van der Waals surface area contributed by atoms with Crippen LogP contribution in [0.15, 0.2) is 28.9 Å². The zero-order valence-corrected chi connectivity index (χ0v) is 15.9.